The highest BCUT2D eigenvalue weighted by molar-refractivity contribution is 6.31. The van der Waals surface area contributed by atoms with Crippen molar-refractivity contribution in [2.45, 2.75) is 37.6 Å². The quantitative estimate of drug-likeness (QED) is 0.367. The number of nitrogens with zero attached hydrogens (tertiary/aromatic N) is 3. The number of aromatic nitrogens is 2. The molecule has 0 radical (unpaired) electrons. The van der Waals surface area contributed by atoms with Crippen LogP contribution in [-0.4, -0.2) is 51.7 Å². The SMILES string of the molecule is Nc1nc(N)c(C(=O)/C=C2\NCC3(CCN(C(=O)CCC4=CCc5ccccc54)CC3)N2)nc1Cl. The summed E-state index contributed by atoms with van der Waals surface area (Å²) >= 11 is 5.89. The molecule has 9 nitrogen and oxygen atoms in total. The van der Waals surface area contributed by atoms with Gasteiger partial charge < -0.3 is 27.0 Å². The van der Waals surface area contributed by atoms with E-state index in [9.17, 15) is 9.59 Å². The van der Waals surface area contributed by atoms with E-state index >= 15 is 0 Å². The largest absolute Gasteiger partial charge is 0.382 e. The fourth-order valence-corrected chi connectivity index (χ4v) is 5.15. The molecule has 0 atom stereocenters. The second-order valence-electron chi connectivity index (χ2n) is 9.29. The van der Waals surface area contributed by atoms with Gasteiger partial charge in [0.1, 0.15) is 5.82 Å². The Morgan fingerprint density at radius 3 is 2.71 bits per heavy atom. The molecule has 182 valence electrons. The van der Waals surface area contributed by atoms with Gasteiger partial charge in [-0.1, -0.05) is 41.9 Å². The number of allylic oxidation sites excluding steroid dienone is 3. The van der Waals surface area contributed by atoms with Gasteiger partial charge in [0.05, 0.1) is 5.54 Å². The number of carbonyl (C=O) groups is 2. The third-order valence-corrected chi connectivity index (χ3v) is 7.32. The van der Waals surface area contributed by atoms with Gasteiger partial charge in [0.25, 0.3) is 0 Å². The van der Waals surface area contributed by atoms with Gasteiger partial charge in [-0.15, -0.1) is 0 Å². The van der Waals surface area contributed by atoms with Crippen molar-refractivity contribution < 1.29 is 9.59 Å². The zero-order valence-corrected chi connectivity index (χ0v) is 20.1. The number of piperidine rings is 1. The third-order valence-electron chi connectivity index (χ3n) is 7.04. The van der Waals surface area contributed by atoms with Crippen molar-refractivity contribution in [3.05, 3.63) is 64.2 Å². The van der Waals surface area contributed by atoms with Crippen LogP contribution in [0.1, 0.15) is 47.3 Å². The standard InChI is InChI=1S/C25H28ClN7O2/c26-22-24(28)31-23(27)21(30-22)18(34)13-19-29-14-25(32-19)9-11-33(12-10-25)20(35)8-7-16-6-5-15-3-1-2-4-17(15)16/h1-4,6,13,29,32H,5,7-12,14H2,(H4,27,28,31)/b19-13+. The van der Waals surface area contributed by atoms with Gasteiger partial charge in [0, 0.05) is 32.1 Å². The number of fused-ring (bicyclic) bond motifs is 1. The van der Waals surface area contributed by atoms with Gasteiger partial charge in [-0.25, -0.2) is 9.97 Å². The van der Waals surface area contributed by atoms with Gasteiger partial charge >= 0.3 is 0 Å². The lowest BCUT2D eigenvalue weighted by Crippen LogP contribution is -2.53. The summed E-state index contributed by atoms with van der Waals surface area (Å²) in [7, 11) is 0. The molecule has 2 aromatic rings. The van der Waals surface area contributed by atoms with Crippen LogP contribution in [0.2, 0.25) is 5.15 Å². The van der Waals surface area contributed by atoms with Crippen LogP contribution >= 0.6 is 11.6 Å². The lowest BCUT2D eigenvalue weighted by Gasteiger charge is -2.39. The third kappa shape index (κ3) is 4.68. The topological polar surface area (TPSA) is 139 Å². The summed E-state index contributed by atoms with van der Waals surface area (Å²) in [6, 6.07) is 8.40. The Kier molecular flexibility index (Phi) is 6.10. The van der Waals surface area contributed by atoms with Crippen LogP contribution in [0.15, 0.2) is 42.2 Å². The molecule has 1 aromatic heterocycles. The summed E-state index contributed by atoms with van der Waals surface area (Å²) in [4.78, 5) is 35.3. The van der Waals surface area contributed by atoms with Crippen molar-refractivity contribution in [2.75, 3.05) is 31.1 Å². The molecule has 2 fully saturated rings. The number of benzene rings is 1. The highest BCUT2D eigenvalue weighted by Gasteiger charge is 2.40. The van der Waals surface area contributed by atoms with Crippen molar-refractivity contribution in [2.24, 2.45) is 0 Å². The number of carbonyl (C=O) groups excluding carboxylic acids is 2. The number of hydrogen-bond donors (Lipinski definition) is 4. The van der Waals surface area contributed by atoms with Crippen LogP contribution in [0.4, 0.5) is 11.6 Å². The first-order valence-electron chi connectivity index (χ1n) is 11.8. The van der Waals surface area contributed by atoms with E-state index in [1.807, 2.05) is 4.90 Å². The summed E-state index contributed by atoms with van der Waals surface area (Å²) in [6.07, 6.45) is 7.47. The Morgan fingerprint density at radius 1 is 1.14 bits per heavy atom. The van der Waals surface area contributed by atoms with Crippen molar-refractivity contribution >= 4 is 40.5 Å². The number of nitrogen functional groups attached to an aromatic ring is 2. The molecular formula is C25H28ClN7O2. The predicted octanol–water partition coefficient (Wildman–Crippen LogP) is 2.29. The van der Waals surface area contributed by atoms with Crippen molar-refractivity contribution in [3.63, 3.8) is 0 Å². The Bertz CT molecular complexity index is 1250. The van der Waals surface area contributed by atoms with Gasteiger partial charge in [0.2, 0.25) is 11.7 Å². The minimum absolute atomic E-state index is 0.0180. The zero-order chi connectivity index (χ0) is 24.6. The first-order valence-corrected chi connectivity index (χ1v) is 12.1. The van der Waals surface area contributed by atoms with E-state index in [1.165, 1.54) is 22.8 Å². The van der Waals surface area contributed by atoms with Crippen LogP contribution < -0.4 is 22.1 Å². The number of nitrogens with one attached hydrogen (secondary N) is 2. The van der Waals surface area contributed by atoms with Gasteiger partial charge in [-0.05, 0) is 42.4 Å². The number of likely N-dealkylation sites (tertiary alicyclic amines) is 1. The molecule has 1 spiro atoms. The van der Waals surface area contributed by atoms with E-state index in [0.717, 1.165) is 25.7 Å². The molecule has 5 rings (SSSR count). The van der Waals surface area contributed by atoms with Crippen molar-refractivity contribution in [1.82, 2.24) is 25.5 Å². The molecule has 0 unspecified atom stereocenters. The number of amides is 1. The summed E-state index contributed by atoms with van der Waals surface area (Å²) in [6.45, 7) is 2.02. The first kappa shape index (κ1) is 23.2. The maximum atomic E-state index is 12.9. The minimum Gasteiger partial charge on any atom is -0.382 e. The number of rotatable bonds is 5. The molecule has 0 saturated carbocycles. The number of anilines is 2. The fourth-order valence-electron chi connectivity index (χ4n) is 5.02. The van der Waals surface area contributed by atoms with E-state index in [0.29, 0.717) is 31.9 Å². The van der Waals surface area contributed by atoms with Crippen LogP contribution in [-0.2, 0) is 11.2 Å². The Morgan fingerprint density at radius 2 is 1.91 bits per heavy atom. The Hall–Kier alpha value is -3.59. The zero-order valence-electron chi connectivity index (χ0n) is 19.3. The minimum atomic E-state index is -0.417. The van der Waals surface area contributed by atoms with Crippen LogP contribution in [0, 0.1) is 0 Å². The summed E-state index contributed by atoms with van der Waals surface area (Å²) in [5.41, 5.74) is 15.0. The highest BCUT2D eigenvalue weighted by atomic mass is 35.5. The number of nitrogens with two attached hydrogens (primary N) is 2. The van der Waals surface area contributed by atoms with E-state index in [2.05, 4.69) is 50.9 Å². The second kappa shape index (κ2) is 9.22. The van der Waals surface area contributed by atoms with Crippen molar-refractivity contribution in [1.29, 1.82) is 0 Å². The monoisotopic (exact) mass is 493 g/mol. The lowest BCUT2D eigenvalue weighted by atomic mass is 9.88. The van der Waals surface area contributed by atoms with E-state index in [1.54, 1.807) is 0 Å². The molecule has 1 aliphatic carbocycles. The van der Waals surface area contributed by atoms with Crippen LogP contribution in [0.5, 0.6) is 0 Å². The summed E-state index contributed by atoms with van der Waals surface area (Å²) < 4.78 is 0. The lowest BCUT2D eigenvalue weighted by molar-refractivity contribution is -0.132. The maximum Gasteiger partial charge on any atom is 0.222 e. The molecule has 1 amide bonds. The van der Waals surface area contributed by atoms with Gasteiger partial charge in [-0.3, -0.25) is 9.59 Å². The molecule has 3 heterocycles. The van der Waals surface area contributed by atoms with E-state index in [-0.39, 0.29) is 33.9 Å². The Labute approximate surface area is 208 Å². The summed E-state index contributed by atoms with van der Waals surface area (Å²) in [5.74, 6) is 0.284. The average Bonchev–Trinajstić information content (AvgIpc) is 3.44. The Balaban J connectivity index is 1.14. The molecule has 1 aromatic carbocycles. The molecule has 10 heteroatoms. The molecular weight excluding hydrogens is 466 g/mol. The average molecular weight is 494 g/mol. The van der Waals surface area contributed by atoms with Crippen molar-refractivity contribution in [3.8, 4) is 0 Å². The molecule has 0 bridgehead atoms. The maximum absolute atomic E-state index is 12.9. The van der Waals surface area contributed by atoms with Crippen LogP contribution in [0.25, 0.3) is 5.57 Å². The fraction of sp³-hybridized carbons (Fsp3) is 0.360. The van der Waals surface area contributed by atoms with Crippen LogP contribution in [0.3, 0.4) is 0 Å². The molecule has 6 N–H and O–H groups in total. The second-order valence-corrected chi connectivity index (χ2v) is 9.64. The molecule has 2 aliphatic heterocycles. The first-order chi connectivity index (χ1) is 16.8. The highest BCUT2D eigenvalue weighted by Crippen LogP contribution is 2.32. The number of ketones is 1. The van der Waals surface area contributed by atoms with Gasteiger partial charge in [0.15, 0.2) is 22.5 Å². The molecule has 3 aliphatic rings. The number of hydrogen-bond acceptors (Lipinski definition) is 8. The van der Waals surface area contributed by atoms with E-state index < -0.39 is 5.78 Å². The molecule has 35 heavy (non-hydrogen) atoms. The van der Waals surface area contributed by atoms with Gasteiger partial charge in [-0.2, -0.15) is 0 Å². The predicted molar refractivity (Wildman–Crippen MR) is 135 cm³/mol. The van der Waals surface area contributed by atoms with E-state index in [4.69, 9.17) is 23.1 Å². The smallest absolute Gasteiger partial charge is 0.222 e. The summed E-state index contributed by atoms with van der Waals surface area (Å²) in [5, 5.41) is 6.63. The number of halogens is 1. The normalized spacial score (nSPS) is 19.3. The molecule has 2 saturated heterocycles.